The second-order valence-corrected chi connectivity index (χ2v) is 4.84. The number of likely N-dealkylation sites (tertiary alicyclic amines) is 1. The van der Waals surface area contributed by atoms with Crippen LogP contribution >= 0.6 is 0 Å². The second kappa shape index (κ2) is 5.38. The van der Waals surface area contributed by atoms with E-state index in [0.717, 1.165) is 25.1 Å². The molecule has 1 amide bonds. The van der Waals surface area contributed by atoms with Gasteiger partial charge in [-0.2, -0.15) is 0 Å². The van der Waals surface area contributed by atoms with Gasteiger partial charge in [0.15, 0.2) is 0 Å². The van der Waals surface area contributed by atoms with Gasteiger partial charge in [0.2, 0.25) is 0 Å². The van der Waals surface area contributed by atoms with Crippen LogP contribution in [0.4, 0.5) is 0 Å². The molecule has 1 unspecified atom stereocenters. The summed E-state index contributed by atoms with van der Waals surface area (Å²) in [6.07, 6.45) is 3.50. The van der Waals surface area contributed by atoms with Gasteiger partial charge in [0.05, 0.1) is 5.69 Å². The zero-order valence-electron chi connectivity index (χ0n) is 11.0. The standard InChI is InChI=1S/C13H16N6O/c14-8-12-5-2-6-18(12)13(20)10-3-1-4-11(7-10)19-9-15-16-17-19/h1,3-4,7,9,12H,2,5-6,8,14H2. The molecule has 2 aromatic rings. The maximum Gasteiger partial charge on any atom is 0.254 e. The molecule has 1 aromatic carbocycles. The van der Waals surface area contributed by atoms with E-state index in [1.807, 2.05) is 23.1 Å². The number of hydrogen-bond donors (Lipinski definition) is 1. The summed E-state index contributed by atoms with van der Waals surface area (Å²) in [4.78, 5) is 14.4. The third-order valence-electron chi connectivity index (χ3n) is 3.62. The lowest BCUT2D eigenvalue weighted by molar-refractivity contribution is 0.0741. The monoisotopic (exact) mass is 272 g/mol. The molecule has 0 radical (unpaired) electrons. The highest BCUT2D eigenvalue weighted by molar-refractivity contribution is 5.95. The molecular formula is C13H16N6O. The fraction of sp³-hybridized carbons (Fsp3) is 0.385. The highest BCUT2D eigenvalue weighted by Gasteiger charge is 2.28. The van der Waals surface area contributed by atoms with E-state index in [2.05, 4.69) is 15.5 Å². The molecule has 2 N–H and O–H groups in total. The zero-order chi connectivity index (χ0) is 13.9. The number of nitrogens with zero attached hydrogens (tertiary/aromatic N) is 5. The Hall–Kier alpha value is -2.28. The second-order valence-electron chi connectivity index (χ2n) is 4.84. The SMILES string of the molecule is NCC1CCCN1C(=O)c1cccc(-n2cnnn2)c1. The minimum atomic E-state index is 0.0212. The van der Waals surface area contributed by atoms with Crippen LogP contribution < -0.4 is 5.73 Å². The molecule has 1 saturated heterocycles. The van der Waals surface area contributed by atoms with Crippen LogP contribution in [-0.4, -0.2) is 50.1 Å². The lowest BCUT2D eigenvalue weighted by atomic mass is 10.1. The highest BCUT2D eigenvalue weighted by atomic mass is 16.2. The number of carbonyl (C=O) groups is 1. The molecule has 1 aromatic heterocycles. The van der Waals surface area contributed by atoms with Crippen molar-refractivity contribution in [2.45, 2.75) is 18.9 Å². The van der Waals surface area contributed by atoms with Crippen molar-refractivity contribution >= 4 is 5.91 Å². The molecule has 0 bridgehead atoms. The normalized spacial score (nSPS) is 18.4. The van der Waals surface area contributed by atoms with Gasteiger partial charge >= 0.3 is 0 Å². The fourth-order valence-corrected chi connectivity index (χ4v) is 2.57. The first-order valence-corrected chi connectivity index (χ1v) is 6.64. The quantitative estimate of drug-likeness (QED) is 0.863. The van der Waals surface area contributed by atoms with Crippen LogP contribution in [0.15, 0.2) is 30.6 Å². The molecule has 0 saturated carbocycles. The molecule has 1 aliphatic rings. The first-order chi connectivity index (χ1) is 9.79. The Kier molecular flexibility index (Phi) is 3.42. The molecule has 104 valence electrons. The van der Waals surface area contributed by atoms with E-state index in [0.29, 0.717) is 12.1 Å². The van der Waals surface area contributed by atoms with Crippen molar-refractivity contribution in [1.82, 2.24) is 25.1 Å². The molecule has 7 heteroatoms. The summed E-state index contributed by atoms with van der Waals surface area (Å²) in [6.45, 7) is 1.29. The average Bonchev–Trinajstić information content (AvgIpc) is 3.17. The van der Waals surface area contributed by atoms with Crippen LogP contribution in [0.1, 0.15) is 23.2 Å². The molecular weight excluding hydrogens is 256 g/mol. The number of nitrogens with two attached hydrogens (primary N) is 1. The highest BCUT2D eigenvalue weighted by Crippen LogP contribution is 2.20. The molecule has 7 nitrogen and oxygen atoms in total. The molecule has 3 rings (SSSR count). The van der Waals surface area contributed by atoms with E-state index in [1.165, 1.54) is 11.0 Å². The van der Waals surface area contributed by atoms with Gasteiger partial charge in [-0.1, -0.05) is 6.07 Å². The Morgan fingerprint density at radius 2 is 2.35 bits per heavy atom. The van der Waals surface area contributed by atoms with Crippen molar-refractivity contribution in [2.75, 3.05) is 13.1 Å². The first-order valence-electron chi connectivity index (χ1n) is 6.64. The van der Waals surface area contributed by atoms with Gasteiger partial charge in [0.25, 0.3) is 5.91 Å². The Labute approximate surface area is 116 Å². The lowest BCUT2D eigenvalue weighted by Gasteiger charge is -2.23. The van der Waals surface area contributed by atoms with Gasteiger partial charge in [0, 0.05) is 24.7 Å². The molecule has 20 heavy (non-hydrogen) atoms. The maximum atomic E-state index is 12.5. The minimum Gasteiger partial charge on any atom is -0.334 e. The van der Waals surface area contributed by atoms with Crippen molar-refractivity contribution in [2.24, 2.45) is 5.73 Å². The molecule has 0 aliphatic carbocycles. The molecule has 2 heterocycles. The number of tetrazole rings is 1. The summed E-state index contributed by atoms with van der Waals surface area (Å²) in [5.41, 5.74) is 7.13. The van der Waals surface area contributed by atoms with Gasteiger partial charge in [-0.05, 0) is 41.5 Å². The van der Waals surface area contributed by atoms with Gasteiger partial charge in [-0.25, -0.2) is 4.68 Å². The number of amides is 1. The van der Waals surface area contributed by atoms with E-state index in [9.17, 15) is 4.79 Å². The van der Waals surface area contributed by atoms with Gasteiger partial charge in [-0.15, -0.1) is 5.10 Å². The summed E-state index contributed by atoms with van der Waals surface area (Å²) in [5, 5.41) is 11.0. The Bertz CT molecular complexity index is 597. The van der Waals surface area contributed by atoms with E-state index in [4.69, 9.17) is 5.73 Å². The van der Waals surface area contributed by atoms with Crippen molar-refractivity contribution in [3.8, 4) is 5.69 Å². The van der Waals surface area contributed by atoms with Crippen LogP contribution in [0.3, 0.4) is 0 Å². The number of benzene rings is 1. The molecule has 1 atom stereocenters. The topological polar surface area (TPSA) is 89.9 Å². The van der Waals surface area contributed by atoms with E-state index in [-0.39, 0.29) is 11.9 Å². The number of rotatable bonds is 3. The predicted molar refractivity (Wildman–Crippen MR) is 72.3 cm³/mol. The van der Waals surface area contributed by atoms with Crippen LogP contribution in [0.5, 0.6) is 0 Å². The van der Waals surface area contributed by atoms with Crippen molar-refractivity contribution < 1.29 is 4.79 Å². The Morgan fingerprint density at radius 1 is 1.45 bits per heavy atom. The van der Waals surface area contributed by atoms with Gasteiger partial charge in [-0.3, -0.25) is 4.79 Å². The molecule has 0 spiro atoms. The molecule has 1 fully saturated rings. The van der Waals surface area contributed by atoms with E-state index >= 15 is 0 Å². The van der Waals surface area contributed by atoms with Gasteiger partial charge in [0.1, 0.15) is 6.33 Å². The summed E-state index contributed by atoms with van der Waals surface area (Å²) >= 11 is 0. The third kappa shape index (κ3) is 2.27. The zero-order valence-corrected chi connectivity index (χ0v) is 11.0. The largest absolute Gasteiger partial charge is 0.334 e. The minimum absolute atomic E-state index is 0.0212. The summed E-state index contributed by atoms with van der Waals surface area (Å²) in [7, 11) is 0. The maximum absolute atomic E-state index is 12.5. The predicted octanol–water partition coefficient (Wildman–Crippen LogP) is 0.226. The smallest absolute Gasteiger partial charge is 0.254 e. The van der Waals surface area contributed by atoms with E-state index in [1.54, 1.807) is 6.07 Å². The third-order valence-corrected chi connectivity index (χ3v) is 3.62. The van der Waals surface area contributed by atoms with Crippen molar-refractivity contribution in [3.05, 3.63) is 36.2 Å². The lowest BCUT2D eigenvalue weighted by Crippen LogP contribution is -2.39. The van der Waals surface area contributed by atoms with Crippen LogP contribution in [0.2, 0.25) is 0 Å². The van der Waals surface area contributed by atoms with Gasteiger partial charge < -0.3 is 10.6 Å². The Balaban J connectivity index is 1.87. The number of aromatic nitrogens is 4. The van der Waals surface area contributed by atoms with Crippen LogP contribution in [0.25, 0.3) is 5.69 Å². The average molecular weight is 272 g/mol. The van der Waals surface area contributed by atoms with Crippen molar-refractivity contribution in [3.63, 3.8) is 0 Å². The first kappa shape index (κ1) is 12.7. The van der Waals surface area contributed by atoms with Crippen LogP contribution in [-0.2, 0) is 0 Å². The summed E-state index contributed by atoms with van der Waals surface area (Å²) in [5.74, 6) is 0.0212. The summed E-state index contributed by atoms with van der Waals surface area (Å²) < 4.78 is 1.53. The Morgan fingerprint density at radius 3 is 3.10 bits per heavy atom. The number of hydrogen-bond acceptors (Lipinski definition) is 5. The number of carbonyl (C=O) groups excluding carboxylic acids is 1. The van der Waals surface area contributed by atoms with Crippen LogP contribution in [0, 0.1) is 0 Å². The van der Waals surface area contributed by atoms with E-state index < -0.39 is 0 Å². The molecule has 1 aliphatic heterocycles. The fourth-order valence-electron chi connectivity index (χ4n) is 2.57. The summed E-state index contributed by atoms with van der Waals surface area (Å²) in [6, 6.07) is 7.45. The van der Waals surface area contributed by atoms with Crippen molar-refractivity contribution in [1.29, 1.82) is 0 Å².